The summed E-state index contributed by atoms with van der Waals surface area (Å²) in [7, 11) is -3.40. The van der Waals surface area contributed by atoms with Gasteiger partial charge in [0.15, 0.2) is 9.84 Å². The van der Waals surface area contributed by atoms with Gasteiger partial charge in [-0.15, -0.1) is 0 Å². The maximum absolute atomic E-state index is 12.3. The zero-order valence-electron chi connectivity index (χ0n) is 14.8. The van der Waals surface area contributed by atoms with E-state index in [0.717, 1.165) is 19.1 Å². The second-order valence-electron chi connectivity index (χ2n) is 6.29. The molecule has 1 aromatic carbocycles. The Morgan fingerprint density at radius 3 is 2.77 bits per heavy atom. The summed E-state index contributed by atoms with van der Waals surface area (Å²) in [5.41, 5.74) is 0.249. The van der Waals surface area contributed by atoms with Crippen molar-refractivity contribution in [2.45, 2.75) is 24.7 Å². The molecule has 0 radical (unpaired) electrons. The van der Waals surface area contributed by atoms with Gasteiger partial charge in [0.2, 0.25) is 5.91 Å². The molecule has 0 aromatic heterocycles. The molecule has 1 N–H and O–H groups in total. The molecule has 144 valence electrons. The van der Waals surface area contributed by atoms with Crippen molar-refractivity contribution in [2.24, 2.45) is 5.92 Å². The van der Waals surface area contributed by atoms with E-state index in [0.29, 0.717) is 19.7 Å². The van der Waals surface area contributed by atoms with Crippen LogP contribution in [0.15, 0.2) is 23.1 Å². The maximum atomic E-state index is 12.3. The Bertz CT molecular complexity index is 781. The Morgan fingerprint density at radius 2 is 2.12 bits per heavy atom. The minimum atomic E-state index is -3.40. The standard InChI is InChI=1S/C17H23ClN2O5S/c1-3-25-17(22)12-5-4-8-20(10-12)11-16(21)19-15-9-13(26(2,23)24)6-7-14(15)18/h6-7,9,12H,3-5,8,10-11H2,1-2H3,(H,19,21). The van der Waals surface area contributed by atoms with Crippen LogP contribution in [0.2, 0.25) is 5.02 Å². The lowest BCUT2D eigenvalue weighted by atomic mass is 9.98. The van der Waals surface area contributed by atoms with Crippen LogP contribution in [0.1, 0.15) is 19.8 Å². The molecular weight excluding hydrogens is 380 g/mol. The summed E-state index contributed by atoms with van der Waals surface area (Å²) in [4.78, 5) is 26.2. The molecule has 1 heterocycles. The SMILES string of the molecule is CCOC(=O)C1CCCN(CC(=O)Nc2cc(S(C)(=O)=O)ccc2Cl)C1. The van der Waals surface area contributed by atoms with Crippen LogP contribution in [-0.2, 0) is 24.2 Å². The van der Waals surface area contributed by atoms with Crippen molar-refractivity contribution in [3.8, 4) is 0 Å². The number of amides is 1. The molecule has 2 rings (SSSR count). The highest BCUT2D eigenvalue weighted by atomic mass is 35.5. The molecule has 1 aliphatic rings. The van der Waals surface area contributed by atoms with Gasteiger partial charge in [0.1, 0.15) is 0 Å². The summed E-state index contributed by atoms with van der Waals surface area (Å²) in [5, 5.41) is 2.90. The monoisotopic (exact) mass is 402 g/mol. The molecule has 0 aliphatic carbocycles. The van der Waals surface area contributed by atoms with E-state index in [1.807, 2.05) is 4.90 Å². The second-order valence-corrected chi connectivity index (χ2v) is 8.71. The first-order valence-electron chi connectivity index (χ1n) is 8.39. The zero-order chi connectivity index (χ0) is 19.3. The Hall–Kier alpha value is -1.64. The third-order valence-corrected chi connectivity index (χ3v) is 5.57. The lowest BCUT2D eigenvalue weighted by Crippen LogP contribution is -2.43. The van der Waals surface area contributed by atoms with E-state index in [1.165, 1.54) is 18.2 Å². The van der Waals surface area contributed by atoms with Crippen LogP contribution in [0, 0.1) is 5.92 Å². The number of rotatable bonds is 6. The van der Waals surface area contributed by atoms with E-state index >= 15 is 0 Å². The van der Waals surface area contributed by atoms with E-state index < -0.39 is 9.84 Å². The summed E-state index contributed by atoms with van der Waals surface area (Å²) >= 11 is 6.05. The first-order chi connectivity index (χ1) is 12.2. The zero-order valence-corrected chi connectivity index (χ0v) is 16.4. The summed E-state index contributed by atoms with van der Waals surface area (Å²) in [5.74, 6) is -0.780. The van der Waals surface area contributed by atoms with E-state index in [1.54, 1.807) is 6.92 Å². The number of hydrogen-bond acceptors (Lipinski definition) is 6. The highest BCUT2D eigenvalue weighted by molar-refractivity contribution is 7.90. The summed E-state index contributed by atoms with van der Waals surface area (Å²) in [6.45, 7) is 3.37. The summed E-state index contributed by atoms with van der Waals surface area (Å²) < 4.78 is 28.3. The van der Waals surface area contributed by atoms with Gasteiger partial charge in [-0.2, -0.15) is 0 Å². The van der Waals surface area contributed by atoms with Crippen LogP contribution in [0.5, 0.6) is 0 Å². The van der Waals surface area contributed by atoms with Gasteiger partial charge in [-0.1, -0.05) is 11.6 Å². The fourth-order valence-corrected chi connectivity index (χ4v) is 3.69. The molecule has 0 saturated carbocycles. The van der Waals surface area contributed by atoms with Crippen LogP contribution in [0.25, 0.3) is 0 Å². The highest BCUT2D eigenvalue weighted by Crippen LogP contribution is 2.25. The van der Waals surface area contributed by atoms with Gasteiger partial charge in [-0.05, 0) is 44.5 Å². The molecule has 1 unspecified atom stereocenters. The van der Waals surface area contributed by atoms with Crippen molar-refractivity contribution in [3.63, 3.8) is 0 Å². The largest absolute Gasteiger partial charge is 0.466 e. The van der Waals surface area contributed by atoms with Crippen molar-refractivity contribution < 1.29 is 22.7 Å². The van der Waals surface area contributed by atoms with Gasteiger partial charge >= 0.3 is 5.97 Å². The van der Waals surface area contributed by atoms with E-state index in [-0.39, 0.29) is 39.9 Å². The number of anilines is 1. The van der Waals surface area contributed by atoms with Crippen molar-refractivity contribution in [1.29, 1.82) is 0 Å². The highest BCUT2D eigenvalue weighted by Gasteiger charge is 2.27. The third kappa shape index (κ3) is 5.69. The predicted octanol–water partition coefficient (Wildman–Crippen LogP) is 1.96. The molecule has 0 bridgehead atoms. The molecule has 9 heteroatoms. The number of sulfone groups is 1. The van der Waals surface area contributed by atoms with Crippen LogP contribution < -0.4 is 5.32 Å². The minimum Gasteiger partial charge on any atom is -0.466 e. The Kier molecular flexibility index (Phi) is 7.02. The number of piperidine rings is 1. The minimum absolute atomic E-state index is 0.0811. The van der Waals surface area contributed by atoms with E-state index in [2.05, 4.69) is 5.32 Å². The average molecular weight is 403 g/mol. The molecular formula is C17H23ClN2O5S. The van der Waals surface area contributed by atoms with Gasteiger partial charge < -0.3 is 10.1 Å². The molecule has 1 aromatic rings. The normalized spacial score (nSPS) is 18.3. The Morgan fingerprint density at radius 1 is 1.38 bits per heavy atom. The number of benzene rings is 1. The maximum Gasteiger partial charge on any atom is 0.310 e. The second kappa shape index (κ2) is 8.83. The van der Waals surface area contributed by atoms with Gasteiger partial charge in [-0.25, -0.2) is 8.42 Å². The van der Waals surface area contributed by atoms with Gasteiger partial charge in [0.25, 0.3) is 0 Å². The van der Waals surface area contributed by atoms with Crippen LogP contribution >= 0.6 is 11.6 Å². The van der Waals surface area contributed by atoms with Gasteiger partial charge in [0.05, 0.1) is 34.7 Å². The summed E-state index contributed by atoms with van der Waals surface area (Å²) in [6.07, 6.45) is 2.64. The van der Waals surface area contributed by atoms with Crippen LogP contribution in [0.4, 0.5) is 5.69 Å². The van der Waals surface area contributed by atoms with Crippen molar-refractivity contribution >= 4 is 39.0 Å². The lowest BCUT2D eigenvalue weighted by molar-refractivity contribution is -0.150. The topological polar surface area (TPSA) is 92.8 Å². The molecule has 7 nitrogen and oxygen atoms in total. The molecule has 0 spiro atoms. The van der Waals surface area contributed by atoms with E-state index in [4.69, 9.17) is 16.3 Å². The number of ether oxygens (including phenoxy) is 1. The quantitative estimate of drug-likeness (QED) is 0.731. The average Bonchev–Trinajstić information content (AvgIpc) is 2.56. The fraction of sp³-hybridized carbons (Fsp3) is 0.529. The fourth-order valence-electron chi connectivity index (χ4n) is 2.88. The molecule has 1 aliphatic heterocycles. The smallest absolute Gasteiger partial charge is 0.310 e. The summed E-state index contributed by atoms with van der Waals surface area (Å²) in [6, 6.07) is 4.17. The number of carbonyl (C=O) groups excluding carboxylic acids is 2. The Labute approximate surface area is 158 Å². The number of esters is 1. The van der Waals surface area contributed by atoms with Gasteiger partial charge in [0, 0.05) is 12.8 Å². The first kappa shape index (κ1) is 20.7. The first-order valence-corrected chi connectivity index (χ1v) is 10.7. The van der Waals surface area contributed by atoms with Crippen molar-refractivity contribution in [1.82, 2.24) is 4.90 Å². The molecule has 1 saturated heterocycles. The van der Waals surface area contributed by atoms with Crippen LogP contribution in [-0.4, -0.2) is 57.7 Å². The van der Waals surface area contributed by atoms with Gasteiger partial charge in [-0.3, -0.25) is 14.5 Å². The van der Waals surface area contributed by atoms with Crippen molar-refractivity contribution in [2.75, 3.05) is 37.8 Å². The molecule has 26 heavy (non-hydrogen) atoms. The number of nitrogens with one attached hydrogen (secondary N) is 1. The van der Waals surface area contributed by atoms with Crippen molar-refractivity contribution in [3.05, 3.63) is 23.2 Å². The molecule has 1 amide bonds. The number of halogens is 1. The number of hydrogen-bond donors (Lipinski definition) is 1. The lowest BCUT2D eigenvalue weighted by Gasteiger charge is -2.30. The Balaban J connectivity index is 1.99. The third-order valence-electron chi connectivity index (χ3n) is 4.13. The van der Waals surface area contributed by atoms with E-state index in [9.17, 15) is 18.0 Å². The predicted molar refractivity (Wildman–Crippen MR) is 99.0 cm³/mol. The number of nitrogens with zero attached hydrogens (tertiary/aromatic N) is 1. The number of carbonyl (C=O) groups is 2. The number of likely N-dealkylation sites (tertiary alicyclic amines) is 1. The molecule has 1 atom stereocenters. The molecule has 1 fully saturated rings. The van der Waals surface area contributed by atoms with Crippen LogP contribution in [0.3, 0.4) is 0 Å².